The van der Waals surface area contributed by atoms with Gasteiger partial charge in [-0.15, -0.1) is 0 Å². The number of rotatable bonds is 6. The molecule has 3 nitrogen and oxygen atoms in total. The second kappa shape index (κ2) is 6.98. The highest BCUT2D eigenvalue weighted by Gasteiger charge is 2.17. The molecule has 0 fully saturated rings. The van der Waals surface area contributed by atoms with Crippen LogP contribution in [0, 0.1) is 0 Å². The van der Waals surface area contributed by atoms with Gasteiger partial charge in [-0.1, -0.05) is 13.8 Å². The highest BCUT2D eigenvalue weighted by molar-refractivity contribution is 5.58. The third-order valence-corrected chi connectivity index (χ3v) is 2.58. The van der Waals surface area contributed by atoms with Crippen molar-refractivity contribution in [3.05, 3.63) is 36.0 Å². The second-order valence-corrected chi connectivity index (χ2v) is 4.98. The summed E-state index contributed by atoms with van der Waals surface area (Å²) < 4.78 is 5.96. The number of allylic oxidation sites excluding steroid dienone is 1. The topological polar surface area (TPSA) is 47.6 Å². The Morgan fingerprint density at radius 2 is 1.89 bits per heavy atom. The summed E-state index contributed by atoms with van der Waals surface area (Å²) in [5, 5.41) is 0. The molecule has 0 aromatic heterocycles. The number of nitrogens with zero attached hydrogens (tertiary/aromatic N) is 1. The lowest BCUT2D eigenvalue weighted by Crippen LogP contribution is -2.25. The Kier molecular flexibility index (Phi) is 5.61. The SMILES string of the molecule is CCC=N/C(=C/C(C)(C)Oc1ccc(N)cc1)CC. The highest BCUT2D eigenvalue weighted by atomic mass is 16.5. The minimum absolute atomic E-state index is 0.396. The normalized spacial score (nSPS) is 12.9. The van der Waals surface area contributed by atoms with Crippen LogP contribution >= 0.6 is 0 Å². The van der Waals surface area contributed by atoms with Gasteiger partial charge in [0, 0.05) is 17.6 Å². The first-order valence-corrected chi connectivity index (χ1v) is 6.75. The molecule has 0 unspecified atom stereocenters. The van der Waals surface area contributed by atoms with Crippen LogP contribution in [0.15, 0.2) is 41.0 Å². The maximum Gasteiger partial charge on any atom is 0.124 e. The predicted octanol–water partition coefficient (Wildman–Crippen LogP) is 4.20. The first-order chi connectivity index (χ1) is 8.96. The summed E-state index contributed by atoms with van der Waals surface area (Å²) in [6.45, 7) is 8.23. The molecule has 1 rings (SSSR count). The van der Waals surface area contributed by atoms with Crippen LogP contribution in [0.4, 0.5) is 5.69 Å². The molecule has 0 aliphatic carbocycles. The molecule has 0 spiro atoms. The van der Waals surface area contributed by atoms with E-state index in [2.05, 4.69) is 24.9 Å². The summed E-state index contributed by atoms with van der Waals surface area (Å²) in [4.78, 5) is 4.44. The van der Waals surface area contributed by atoms with E-state index in [9.17, 15) is 0 Å². The van der Waals surface area contributed by atoms with E-state index in [0.717, 1.165) is 30.0 Å². The van der Waals surface area contributed by atoms with Gasteiger partial charge in [0.25, 0.3) is 0 Å². The van der Waals surface area contributed by atoms with Crippen molar-refractivity contribution in [3.63, 3.8) is 0 Å². The molecule has 3 heteroatoms. The number of hydrogen-bond acceptors (Lipinski definition) is 3. The Morgan fingerprint density at radius 3 is 2.42 bits per heavy atom. The summed E-state index contributed by atoms with van der Waals surface area (Å²) >= 11 is 0. The zero-order valence-electron chi connectivity index (χ0n) is 12.3. The molecule has 0 bridgehead atoms. The van der Waals surface area contributed by atoms with E-state index in [0.29, 0.717) is 0 Å². The van der Waals surface area contributed by atoms with Gasteiger partial charge in [-0.2, -0.15) is 0 Å². The van der Waals surface area contributed by atoms with Crippen LogP contribution in [0.3, 0.4) is 0 Å². The van der Waals surface area contributed by atoms with E-state index in [4.69, 9.17) is 10.5 Å². The van der Waals surface area contributed by atoms with Crippen LogP contribution in [0.25, 0.3) is 0 Å². The quantitative estimate of drug-likeness (QED) is 0.615. The maximum atomic E-state index is 5.96. The van der Waals surface area contributed by atoms with E-state index in [1.54, 1.807) is 0 Å². The summed E-state index contributed by atoms with van der Waals surface area (Å²) in [5.41, 5.74) is 7.05. The Bertz CT molecular complexity index is 444. The number of ether oxygens (including phenoxy) is 1. The highest BCUT2D eigenvalue weighted by Crippen LogP contribution is 2.22. The smallest absolute Gasteiger partial charge is 0.124 e. The predicted molar refractivity (Wildman–Crippen MR) is 82.7 cm³/mol. The monoisotopic (exact) mass is 260 g/mol. The number of nitrogen functional groups attached to an aromatic ring is 1. The molecule has 0 heterocycles. The van der Waals surface area contributed by atoms with Crippen LogP contribution in [0.2, 0.25) is 0 Å². The van der Waals surface area contributed by atoms with Crippen molar-refractivity contribution in [1.29, 1.82) is 0 Å². The van der Waals surface area contributed by atoms with Crippen LogP contribution in [0.1, 0.15) is 40.5 Å². The lowest BCUT2D eigenvalue weighted by atomic mass is 10.1. The lowest BCUT2D eigenvalue weighted by molar-refractivity contribution is 0.161. The lowest BCUT2D eigenvalue weighted by Gasteiger charge is -2.23. The molecule has 1 aromatic carbocycles. The van der Waals surface area contributed by atoms with Crippen molar-refractivity contribution in [1.82, 2.24) is 0 Å². The molecule has 0 amide bonds. The fraction of sp³-hybridized carbons (Fsp3) is 0.438. The van der Waals surface area contributed by atoms with Gasteiger partial charge in [0.15, 0.2) is 0 Å². The summed E-state index contributed by atoms with van der Waals surface area (Å²) in [7, 11) is 0. The molecule has 0 aliphatic rings. The van der Waals surface area contributed by atoms with E-state index in [1.165, 1.54) is 0 Å². The molecule has 0 saturated carbocycles. The number of anilines is 1. The molecule has 0 atom stereocenters. The first-order valence-electron chi connectivity index (χ1n) is 6.75. The number of nitrogens with two attached hydrogens (primary N) is 1. The van der Waals surface area contributed by atoms with Gasteiger partial charge in [0.05, 0.1) is 0 Å². The Balaban J connectivity index is 2.81. The Morgan fingerprint density at radius 1 is 1.26 bits per heavy atom. The van der Waals surface area contributed by atoms with Crippen molar-refractivity contribution in [2.45, 2.75) is 46.1 Å². The van der Waals surface area contributed by atoms with Crippen molar-refractivity contribution in [2.24, 2.45) is 4.99 Å². The zero-order valence-corrected chi connectivity index (χ0v) is 12.3. The Hall–Kier alpha value is -1.77. The van der Waals surface area contributed by atoms with Crippen LogP contribution in [-0.2, 0) is 0 Å². The summed E-state index contributed by atoms with van der Waals surface area (Å²) in [5.74, 6) is 0.811. The van der Waals surface area contributed by atoms with Crippen molar-refractivity contribution < 1.29 is 4.74 Å². The molecule has 0 aliphatic heterocycles. The van der Waals surface area contributed by atoms with Gasteiger partial charge in [0.2, 0.25) is 0 Å². The molecule has 0 saturated heterocycles. The number of hydrogen-bond donors (Lipinski definition) is 1. The van der Waals surface area contributed by atoms with Crippen molar-refractivity contribution >= 4 is 11.9 Å². The standard InChI is InChI=1S/C16H24N2O/c1-5-11-18-14(6-2)12-16(3,4)19-15-9-7-13(17)8-10-15/h7-12H,5-6,17H2,1-4H3/b14-12+,18-11?. The summed E-state index contributed by atoms with van der Waals surface area (Å²) in [6.07, 6.45) is 5.83. The average molecular weight is 260 g/mol. The van der Waals surface area contributed by atoms with Crippen LogP contribution in [-0.4, -0.2) is 11.8 Å². The van der Waals surface area contributed by atoms with Gasteiger partial charge >= 0.3 is 0 Å². The van der Waals surface area contributed by atoms with Gasteiger partial charge in [-0.3, -0.25) is 4.99 Å². The van der Waals surface area contributed by atoms with Gasteiger partial charge < -0.3 is 10.5 Å². The van der Waals surface area contributed by atoms with Crippen molar-refractivity contribution in [2.75, 3.05) is 5.73 Å². The fourth-order valence-corrected chi connectivity index (χ4v) is 1.71. The van der Waals surface area contributed by atoms with Gasteiger partial charge in [0.1, 0.15) is 11.4 Å². The summed E-state index contributed by atoms with van der Waals surface area (Å²) in [6, 6.07) is 7.44. The molecule has 1 aromatic rings. The number of benzene rings is 1. The second-order valence-electron chi connectivity index (χ2n) is 4.98. The molecule has 104 valence electrons. The Labute approximate surface area is 116 Å². The molecule has 0 radical (unpaired) electrons. The van der Waals surface area contributed by atoms with Crippen LogP contribution in [0.5, 0.6) is 5.75 Å². The maximum absolute atomic E-state index is 5.96. The molecule has 19 heavy (non-hydrogen) atoms. The van der Waals surface area contributed by atoms with Crippen molar-refractivity contribution in [3.8, 4) is 5.75 Å². The number of aliphatic imine (C=N–C) groups is 1. The van der Waals surface area contributed by atoms with Gasteiger partial charge in [-0.25, -0.2) is 0 Å². The third kappa shape index (κ3) is 5.60. The average Bonchev–Trinajstić information content (AvgIpc) is 2.37. The van der Waals surface area contributed by atoms with E-state index in [-0.39, 0.29) is 0 Å². The minimum Gasteiger partial charge on any atom is -0.484 e. The first kappa shape index (κ1) is 15.3. The largest absolute Gasteiger partial charge is 0.484 e. The van der Waals surface area contributed by atoms with E-state index < -0.39 is 5.60 Å². The molecular weight excluding hydrogens is 236 g/mol. The van der Waals surface area contributed by atoms with E-state index >= 15 is 0 Å². The minimum atomic E-state index is -0.396. The van der Waals surface area contributed by atoms with E-state index in [1.807, 2.05) is 44.3 Å². The molecular formula is C16H24N2O. The third-order valence-electron chi connectivity index (χ3n) is 2.58. The fourth-order valence-electron chi connectivity index (χ4n) is 1.71. The van der Waals surface area contributed by atoms with Gasteiger partial charge in [-0.05, 0) is 57.0 Å². The van der Waals surface area contributed by atoms with Crippen LogP contribution < -0.4 is 10.5 Å². The molecule has 2 N–H and O–H groups in total. The zero-order chi connectivity index (χ0) is 14.3.